The zero-order valence-corrected chi connectivity index (χ0v) is 11.0. The average Bonchev–Trinajstić information content (AvgIpc) is 2.41. The number of nitrogens with two attached hydrogens (primary N) is 1. The van der Waals surface area contributed by atoms with E-state index in [2.05, 4.69) is 10.7 Å². The fourth-order valence-corrected chi connectivity index (χ4v) is 1.87. The molecule has 4 heteroatoms. The summed E-state index contributed by atoms with van der Waals surface area (Å²) in [5.74, 6) is 5.25. The molecule has 4 nitrogen and oxygen atoms in total. The van der Waals surface area contributed by atoms with Crippen molar-refractivity contribution in [2.24, 2.45) is 5.84 Å². The standard InChI is InChI=1S/C15H17N3O/c1-10-5-3-4-6-13(10)17-15(19)12-7-8-14(18-16)11(2)9-12/h3-9,18H,16H2,1-2H3,(H,17,19). The first-order chi connectivity index (χ1) is 9.11. The fraction of sp³-hybridized carbons (Fsp3) is 0.133. The summed E-state index contributed by atoms with van der Waals surface area (Å²) in [7, 11) is 0. The highest BCUT2D eigenvalue weighted by Crippen LogP contribution is 2.18. The summed E-state index contributed by atoms with van der Waals surface area (Å²) in [5.41, 5.74) is 6.80. The Balaban J connectivity index is 2.21. The second-order valence-corrected chi connectivity index (χ2v) is 4.44. The maximum atomic E-state index is 12.2. The van der Waals surface area contributed by atoms with E-state index >= 15 is 0 Å². The molecule has 19 heavy (non-hydrogen) atoms. The maximum Gasteiger partial charge on any atom is 0.255 e. The van der Waals surface area contributed by atoms with Crippen LogP contribution in [0.3, 0.4) is 0 Å². The van der Waals surface area contributed by atoms with E-state index in [4.69, 9.17) is 5.84 Å². The molecule has 98 valence electrons. The van der Waals surface area contributed by atoms with Crippen molar-refractivity contribution >= 4 is 17.3 Å². The van der Waals surface area contributed by atoms with Crippen molar-refractivity contribution in [3.05, 3.63) is 59.2 Å². The summed E-state index contributed by atoms with van der Waals surface area (Å²) < 4.78 is 0. The van der Waals surface area contributed by atoms with Crippen LogP contribution in [0.25, 0.3) is 0 Å². The number of carbonyl (C=O) groups excluding carboxylic acids is 1. The quantitative estimate of drug-likeness (QED) is 0.583. The minimum atomic E-state index is -0.124. The van der Waals surface area contributed by atoms with E-state index in [-0.39, 0.29) is 5.91 Å². The number of hydrogen-bond donors (Lipinski definition) is 3. The van der Waals surface area contributed by atoms with Crippen molar-refractivity contribution in [3.8, 4) is 0 Å². The molecule has 4 N–H and O–H groups in total. The van der Waals surface area contributed by atoms with E-state index in [9.17, 15) is 4.79 Å². The summed E-state index contributed by atoms with van der Waals surface area (Å²) in [6, 6.07) is 13.0. The van der Waals surface area contributed by atoms with Gasteiger partial charge in [-0.1, -0.05) is 18.2 Å². The highest BCUT2D eigenvalue weighted by atomic mass is 16.1. The molecule has 1 amide bonds. The molecule has 0 aliphatic heterocycles. The van der Waals surface area contributed by atoms with E-state index < -0.39 is 0 Å². The minimum absolute atomic E-state index is 0.124. The molecular weight excluding hydrogens is 238 g/mol. The van der Waals surface area contributed by atoms with Crippen LogP contribution >= 0.6 is 0 Å². The SMILES string of the molecule is Cc1cc(C(=O)Nc2ccccc2C)ccc1NN. The maximum absolute atomic E-state index is 12.2. The Morgan fingerprint density at radius 2 is 1.74 bits per heavy atom. The second-order valence-electron chi connectivity index (χ2n) is 4.44. The first-order valence-electron chi connectivity index (χ1n) is 6.06. The molecule has 2 rings (SSSR count). The summed E-state index contributed by atoms with van der Waals surface area (Å²) in [6.07, 6.45) is 0. The predicted octanol–water partition coefficient (Wildman–Crippen LogP) is 2.84. The van der Waals surface area contributed by atoms with Crippen molar-refractivity contribution in [1.29, 1.82) is 0 Å². The van der Waals surface area contributed by atoms with Crippen LogP contribution in [0, 0.1) is 13.8 Å². The van der Waals surface area contributed by atoms with Gasteiger partial charge in [0.15, 0.2) is 0 Å². The lowest BCUT2D eigenvalue weighted by molar-refractivity contribution is 0.102. The Morgan fingerprint density at radius 1 is 1.00 bits per heavy atom. The number of benzene rings is 2. The lowest BCUT2D eigenvalue weighted by atomic mass is 10.1. The van der Waals surface area contributed by atoms with Gasteiger partial charge in [0.1, 0.15) is 0 Å². The van der Waals surface area contributed by atoms with Crippen LogP contribution in [-0.4, -0.2) is 5.91 Å². The average molecular weight is 255 g/mol. The third kappa shape index (κ3) is 2.92. The minimum Gasteiger partial charge on any atom is -0.324 e. The van der Waals surface area contributed by atoms with Gasteiger partial charge in [0.25, 0.3) is 5.91 Å². The predicted molar refractivity (Wildman–Crippen MR) is 78.1 cm³/mol. The third-order valence-electron chi connectivity index (χ3n) is 3.04. The van der Waals surface area contributed by atoms with Gasteiger partial charge in [-0.25, -0.2) is 0 Å². The van der Waals surface area contributed by atoms with Crippen molar-refractivity contribution in [1.82, 2.24) is 0 Å². The molecule has 0 spiro atoms. The molecule has 0 aromatic heterocycles. The first-order valence-corrected chi connectivity index (χ1v) is 6.06. The van der Waals surface area contributed by atoms with E-state index in [1.807, 2.05) is 44.2 Å². The number of amides is 1. The van der Waals surface area contributed by atoms with Crippen molar-refractivity contribution in [2.75, 3.05) is 10.7 Å². The molecule has 0 aliphatic rings. The van der Waals surface area contributed by atoms with Crippen molar-refractivity contribution in [2.45, 2.75) is 13.8 Å². The molecule has 0 aliphatic carbocycles. The summed E-state index contributed by atoms with van der Waals surface area (Å²) in [5, 5.41) is 2.90. The number of anilines is 2. The van der Waals surface area contributed by atoms with Gasteiger partial charge >= 0.3 is 0 Å². The Morgan fingerprint density at radius 3 is 2.37 bits per heavy atom. The molecule has 0 heterocycles. The van der Waals surface area contributed by atoms with Gasteiger partial charge in [-0.2, -0.15) is 0 Å². The lowest BCUT2D eigenvalue weighted by Gasteiger charge is -2.10. The number of rotatable bonds is 3. The van der Waals surface area contributed by atoms with Crippen LogP contribution in [-0.2, 0) is 0 Å². The molecule has 0 fully saturated rings. The number of nitrogens with one attached hydrogen (secondary N) is 2. The molecule has 0 radical (unpaired) electrons. The second kappa shape index (κ2) is 5.54. The monoisotopic (exact) mass is 255 g/mol. The smallest absolute Gasteiger partial charge is 0.255 e. The number of hydrazine groups is 1. The van der Waals surface area contributed by atoms with E-state index in [1.165, 1.54) is 0 Å². The zero-order chi connectivity index (χ0) is 13.8. The van der Waals surface area contributed by atoms with Crippen LogP contribution in [0.15, 0.2) is 42.5 Å². The number of hydrogen-bond acceptors (Lipinski definition) is 3. The molecule has 2 aromatic carbocycles. The summed E-state index contributed by atoms with van der Waals surface area (Å²) >= 11 is 0. The molecule has 2 aromatic rings. The van der Waals surface area contributed by atoms with E-state index in [0.717, 1.165) is 22.5 Å². The molecule has 0 saturated heterocycles. The largest absolute Gasteiger partial charge is 0.324 e. The number of carbonyl (C=O) groups is 1. The highest BCUT2D eigenvalue weighted by Gasteiger charge is 2.08. The van der Waals surface area contributed by atoms with Crippen molar-refractivity contribution < 1.29 is 4.79 Å². The Labute approximate surface area is 112 Å². The van der Waals surface area contributed by atoms with Crippen LogP contribution in [0.2, 0.25) is 0 Å². The topological polar surface area (TPSA) is 67.2 Å². The first kappa shape index (κ1) is 13.1. The highest BCUT2D eigenvalue weighted by molar-refractivity contribution is 6.05. The van der Waals surface area contributed by atoms with Crippen LogP contribution < -0.4 is 16.6 Å². The van der Waals surface area contributed by atoms with Crippen LogP contribution in [0.1, 0.15) is 21.5 Å². The number of para-hydroxylation sites is 1. The molecule has 0 atom stereocenters. The van der Waals surface area contributed by atoms with Gasteiger partial charge in [0.05, 0.1) is 5.69 Å². The summed E-state index contributed by atoms with van der Waals surface area (Å²) in [6.45, 7) is 3.86. The normalized spacial score (nSPS) is 10.1. The Kier molecular flexibility index (Phi) is 3.82. The summed E-state index contributed by atoms with van der Waals surface area (Å²) in [4.78, 5) is 12.2. The van der Waals surface area contributed by atoms with Gasteiger partial charge < -0.3 is 10.7 Å². The molecular formula is C15H17N3O. The Hall–Kier alpha value is -2.33. The Bertz CT molecular complexity index is 608. The van der Waals surface area contributed by atoms with E-state index in [0.29, 0.717) is 5.56 Å². The lowest BCUT2D eigenvalue weighted by Crippen LogP contribution is -2.14. The van der Waals surface area contributed by atoms with Gasteiger partial charge in [-0.3, -0.25) is 10.6 Å². The van der Waals surface area contributed by atoms with Gasteiger partial charge in [-0.15, -0.1) is 0 Å². The van der Waals surface area contributed by atoms with E-state index in [1.54, 1.807) is 12.1 Å². The van der Waals surface area contributed by atoms with Gasteiger partial charge in [-0.05, 0) is 49.2 Å². The molecule has 0 bridgehead atoms. The number of aryl methyl sites for hydroxylation is 2. The van der Waals surface area contributed by atoms with Crippen LogP contribution in [0.5, 0.6) is 0 Å². The fourth-order valence-electron chi connectivity index (χ4n) is 1.87. The van der Waals surface area contributed by atoms with Crippen LogP contribution in [0.4, 0.5) is 11.4 Å². The molecule has 0 saturated carbocycles. The number of nitrogen functional groups attached to an aromatic ring is 1. The third-order valence-corrected chi connectivity index (χ3v) is 3.04. The zero-order valence-electron chi connectivity index (χ0n) is 11.0. The van der Waals surface area contributed by atoms with Crippen molar-refractivity contribution in [3.63, 3.8) is 0 Å². The van der Waals surface area contributed by atoms with Gasteiger partial charge in [0.2, 0.25) is 0 Å². The van der Waals surface area contributed by atoms with Gasteiger partial charge in [0, 0.05) is 11.3 Å². The molecule has 0 unspecified atom stereocenters.